The van der Waals surface area contributed by atoms with Gasteiger partial charge in [0.2, 0.25) is 0 Å². The zero-order valence-electron chi connectivity index (χ0n) is 6.22. The summed E-state index contributed by atoms with van der Waals surface area (Å²) >= 11 is 0. The van der Waals surface area contributed by atoms with E-state index in [9.17, 15) is 0 Å². The van der Waals surface area contributed by atoms with Gasteiger partial charge in [0, 0.05) is 13.1 Å². The molecule has 56 valence electrons. The van der Waals surface area contributed by atoms with E-state index in [-0.39, 0.29) is 0 Å². The fourth-order valence-corrected chi connectivity index (χ4v) is 0.734. The Kier molecular flexibility index (Phi) is 5.93. The van der Waals surface area contributed by atoms with Crippen LogP contribution >= 0.6 is 0 Å². The molecule has 0 aromatic carbocycles. The summed E-state index contributed by atoms with van der Waals surface area (Å²) in [6.45, 7) is 4.80. The Morgan fingerprint density at radius 1 is 1.44 bits per heavy atom. The zero-order chi connectivity index (χ0) is 7.11. The van der Waals surface area contributed by atoms with Gasteiger partial charge in [-0.25, -0.2) is 5.48 Å². The van der Waals surface area contributed by atoms with Crippen molar-refractivity contribution in [3.63, 3.8) is 0 Å². The van der Waals surface area contributed by atoms with Crippen LogP contribution in [0.25, 0.3) is 0 Å². The fraction of sp³-hybridized carbons (Fsp3) is 1.00. The van der Waals surface area contributed by atoms with Crippen molar-refractivity contribution in [3.05, 3.63) is 0 Å². The average molecular weight is 132 g/mol. The average Bonchev–Trinajstić information content (AvgIpc) is 1.85. The molecule has 3 nitrogen and oxygen atoms in total. The van der Waals surface area contributed by atoms with Crippen LogP contribution in [0.5, 0.6) is 0 Å². The third-order valence-corrected chi connectivity index (χ3v) is 1.21. The quantitative estimate of drug-likeness (QED) is 0.528. The van der Waals surface area contributed by atoms with E-state index in [1.807, 2.05) is 7.05 Å². The van der Waals surface area contributed by atoms with E-state index < -0.39 is 0 Å². The molecule has 0 aliphatic heterocycles. The summed E-state index contributed by atoms with van der Waals surface area (Å²) in [6, 6.07) is 0. The third kappa shape index (κ3) is 5.76. The van der Waals surface area contributed by atoms with Crippen molar-refractivity contribution < 1.29 is 5.21 Å². The maximum atomic E-state index is 8.21. The van der Waals surface area contributed by atoms with Crippen molar-refractivity contribution in [3.8, 4) is 0 Å². The summed E-state index contributed by atoms with van der Waals surface area (Å²) in [5.74, 6) is 0. The molecule has 9 heavy (non-hydrogen) atoms. The van der Waals surface area contributed by atoms with Gasteiger partial charge in [-0.15, -0.1) is 0 Å². The highest BCUT2D eigenvalue weighted by atomic mass is 16.5. The van der Waals surface area contributed by atoms with Crippen LogP contribution < -0.4 is 5.48 Å². The molecule has 0 heterocycles. The number of nitrogens with one attached hydrogen (secondary N) is 1. The number of rotatable bonds is 5. The second-order valence-corrected chi connectivity index (χ2v) is 2.21. The Hall–Kier alpha value is -0.120. The monoisotopic (exact) mass is 132 g/mol. The highest BCUT2D eigenvalue weighted by molar-refractivity contribution is 4.48. The van der Waals surface area contributed by atoms with E-state index in [0.717, 1.165) is 13.1 Å². The lowest BCUT2D eigenvalue weighted by Gasteiger charge is -2.13. The fourth-order valence-electron chi connectivity index (χ4n) is 0.734. The number of likely N-dealkylation sites (N-methyl/N-ethyl adjacent to an activating group) is 1. The summed E-state index contributed by atoms with van der Waals surface area (Å²) in [4.78, 5) is 2.17. The zero-order valence-corrected chi connectivity index (χ0v) is 6.22. The van der Waals surface area contributed by atoms with Crippen LogP contribution in [0.3, 0.4) is 0 Å². The Morgan fingerprint density at radius 2 is 2.11 bits per heavy atom. The molecule has 0 aliphatic carbocycles. The molecule has 0 saturated carbocycles. The summed E-state index contributed by atoms with van der Waals surface area (Å²) in [5, 5.41) is 8.21. The highest BCUT2D eigenvalue weighted by Gasteiger charge is 1.92. The third-order valence-electron chi connectivity index (χ3n) is 1.21. The van der Waals surface area contributed by atoms with Crippen LogP contribution in [0, 0.1) is 0 Å². The van der Waals surface area contributed by atoms with E-state index >= 15 is 0 Å². The van der Waals surface area contributed by atoms with Gasteiger partial charge in [-0.1, -0.05) is 6.92 Å². The van der Waals surface area contributed by atoms with Gasteiger partial charge in [0.05, 0.1) is 0 Å². The lowest BCUT2D eigenvalue weighted by atomic mass is 10.4. The number of nitrogens with zero attached hydrogens (tertiary/aromatic N) is 1. The first-order valence-electron chi connectivity index (χ1n) is 3.36. The Balaban J connectivity index is 2.95. The molecule has 0 rings (SSSR count). The molecule has 0 unspecified atom stereocenters. The Morgan fingerprint density at radius 3 is 2.56 bits per heavy atom. The molecule has 0 fully saturated rings. The number of hydroxylamine groups is 1. The van der Waals surface area contributed by atoms with Crippen LogP contribution in [0.1, 0.15) is 13.3 Å². The van der Waals surface area contributed by atoms with Gasteiger partial charge in [0.25, 0.3) is 0 Å². The topological polar surface area (TPSA) is 35.5 Å². The van der Waals surface area contributed by atoms with E-state index in [1.165, 1.54) is 6.42 Å². The first-order valence-corrected chi connectivity index (χ1v) is 3.36. The summed E-state index contributed by atoms with van der Waals surface area (Å²) in [6.07, 6.45) is 1.17. The first kappa shape index (κ1) is 8.88. The van der Waals surface area contributed by atoms with Crippen molar-refractivity contribution in [2.24, 2.45) is 0 Å². The van der Waals surface area contributed by atoms with Gasteiger partial charge in [0.15, 0.2) is 0 Å². The van der Waals surface area contributed by atoms with Crippen molar-refractivity contribution in [1.29, 1.82) is 0 Å². The molecule has 0 atom stereocenters. The predicted molar refractivity (Wildman–Crippen MR) is 37.6 cm³/mol. The summed E-state index contributed by atoms with van der Waals surface area (Å²) in [7, 11) is 2.04. The van der Waals surface area contributed by atoms with Crippen molar-refractivity contribution in [2.75, 3.05) is 26.7 Å². The molecule has 3 heteroatoms. The van der Waals surface area contributed by atoms with Crippen LogP contribution in [0.15, 0.2) is 0 Å². The second-order valence-electron chi connectivity index (χ2n) is 2.21. The van der Waals surface area contributed by atoms with Gasteiger partial charge in [-0.2, -0.15) is 0 Å². The minimum atomic E-state index is 0.649. The van der Waals surface area contributed by atoms with E-state index in [0.29, 0.717) is 6.54 Å². The van der Waals surface area contributed by atoms with Gasteiger partial charge < -0.3 is 10.1 Å². The number of hydrogen-bond acceptors (Lipinski definition) is 3. The molecule has 0 saturated heterocycles. The summed E-state index contributed by atoms with van der Waals surface area (Å²) in [5.41, 5.74) is 2.12. The molecule has 0 aromatic heterocycles. The molecular weight excluding hydrogens is 116 g/mol. The molecule has 0 aliphatic rings. The maximum Gasteiger partial charge on any atom is 0.0335 e. The first-order chi connectivity index (χ1) is 4.31. The lowest BCUT2D eigenvalue weighted by Crippen LogP contribution is -2.28. The molecule has 0 radical (unpaired) electrons. The van der Waals surface area contributed by atoms with Crippen LogP contribution in [-0.4, -0.2) is 36.8 Å². The Bertz CT molecular complexity index is 59.0. The number of hydrogen-bond donors (Lipinski definition) is 2. The van der Waals surface area contributed by atoms with Gasteiger partial charge in [0.1, 0.15) is 0 Å². The molecule has 0 spiro atoms. The summed E-state index contributed by atoms with van der Waals surface area (Å²) < 4.78 is 0. The van der Waals surface area contributed by atoms with Crippen molar-refractivity contribution in [1.82, 2.24) is 10.4 Å². The van der Waals surface area contributed by atoms with E-state index in [2.05, 4.69) is 17.3 Å². The van der Waals surface area contributed by atoms with Gasteiger partial charge in [-0.05, 0) is 20.0 Å². The predicted octanol–water partition coefficient (Wildman–Crippen LogP) is 0.307. The van der Waals surface area contributed by atoms with Crippen molar-refractivity contribution >= 4 is 0 Å². The lowest BCUT2D eigenvalue weighted by molar-refractivity contribution is 0.153. The molecular formula is C6H16N2O. The molecule has 0 amide bonds. The van der Waals surface area contributed by atoms with Crippen LogP contribution in [0.4, 0.5) is 0 Å². The SMILES string of the molecule is CCCN(C)CCNO. The second kappa shape index (κ2) is 6.01. The van der Waals surface area contributed by atoms with Gasteiger partial charge >= 0.3 is 0 Å². The largest absolute Gasteiger partial charge is 0.317 e. The van der Waals surface area contributed by atoms with Crippen molar-refractivity contribution in [2.45, 2.75) is 13.3 Å². The molecule has 0 bridgehead atoms. The highest BCUT2D eigenvalue weighted by Crippen LogP contribution is 1.82. The minimum Gasteiger partial charge on any atom is -0.317 e. The maximum absolute atomic E-state index is 8.21. The minimum absolute atomic E-state index is 0.649. The normalized spacial score (nSPS) is 10.7. The van der Waals surface area contributed by atoms with Gasteiger partial charge in [-0.3, -0.25) is 0 Å². The standard InChI is InChI=1S/C6H16N2O/c1-3-5-8(2)6-4-7-9/h7,9H,3-6H2,1-2H3. The van der Waals surface area contributed by atoms with E-state index in [1.54, 1.807) is 0 Å². The smallest absolute Gasteiger partial charge is 0.0335 e. The van der Waals surface area contributed by atoms with E-state index in [4.69, 9.17) is 5.21 Å². The Labute approximate surface area is 56.6 Å². The molecule has 0 aromatic rings. The van der Waals surface area contributed by atoms with Crippen LogP contribution in [0.2, 0.25) is 0 Å². The van der Waals surface area contributed by atoms with Crippen LogP contribution in [-0.2, 0) is 0 Å². The molecule has 2 N–H and O–H groups in total.